The van der Waals surface area contributed by atoms with Crippen LogP contribution >= 0.6 is 22.7 Å². The molecule has 2 aromatic carbocycles. The van der Waals surface area contributed by atoms with E-state index >= 15 is 0 Å². The van der Waals surface area contributed by atoms with Gasteiger partial charge < -0.3 is 0 Å². The van der Waals surface area contributed by atoms with Crippen molar-refractivity contribution >= 4 is 63.8 Å². The SMILES string of the molecule is CCCCCC(=O)c1ccc2c(c1)sc1c3ccc(C(=O)CCCCC)cc3sc21. The molecule has 30 heavy (non-hydrogen) atoms. The molecule has 2 heterocycles. The molecule has 0 N–H and O–H groups in total. The highest BCUT2D eigenvalue weighted by atomic mass is 32.1. The van der Waals surface area contributed by atoms with Crippen LogP contribution in [0, 0.1) is 0 Å². The van der Waals surface area contributed by atoms with E-state index in [9.17, 15) is 9.59 Å². The van der Waals surface area contributed by atoms with Crippen LogP contribution in [0.5, 0.6) is 0 Å². The summed E-state index contributed by atoms with van der Waals surface area (Å²) < 4.78 is 4.90. The van der Waals surface area contributed by atoms with E-state index in [-0.39, 0.29) is 11.6 Å². The van der Waals surface area contributed by atoms with E-state index in [1.54, 1.807) is 22.7 Å². The summed E-state index contributed by atoms with van der Waals surface area (Å²) in [4.78, 5) is 25.0. The summed E-state index contributed by atoms with van der Waals surface area (Å²) in [7, 11) is 0. The van der Waals surface area contributed by atoms with Crippen LogP contribution in [0.2, 0.25) is 0 Å². The molecule has 0 aliphatic carbocycles. The highest BCUT2D eigenvalue weighted by Gasteiger charge is 2.15. The lowest BCUT2D eigenvalue weighted by Crippen LogP contribution is -1.98. The monoisotopic (exact) mass is 436 g/mol. The van der Waals surface area contributed by atoms with Crippen LogP contribution in [0.4, 0.5) is 0 Å². The fourth-order valence-corrected chi connectivity index (χ4v) is 6.69. The summed E-state index contributed by atoms with van der Waals surface area (Å²) in [6, 6.07) is 12.3. The van der Waals surface area contributed by atoms with Crippen molar-refractivity contribution in [3.8, 4) is 0 Å². The second-order valence-corrected chi connectivity index (χ2v) is 10.1. The van der Waals surface area contributed by atoms with Crippen LogP contribution in [-0.2, 0) is 0 Å². The van der Waals surface area contributed by atoms with Gasteiger partial charge in [-0.25, -0.2) is 0 Å². The van der Waals surface area contributed by atoms with E-state index in [1.807, 2.05) is 12.1 Å². The summed E-state index contributed by atoms with van der Waals surface area (Å²) in [5.41, 5.74) is 1.66. The molecule has 156 valence electrons. The predicted molar refractivity (Wildman–Crippen MR) is 132 cm³/mol. The molecule has 0 atom stereocenters. The van der Waals surface area contributed by atoms with Crippen molar-refractivity contribution in [2.75, 3.05) is 0 Å². The third-order valence-electron chi connectivity index (χ3n) is 5.74. The molecule has 0 bridgehead atoms. The lowest BCUT2D eigenvalue weighted by molar-refractivity contribution is 0.0971. The zero-order valence-corrected chi connectivity index (χ0v) is 19.4. The number of ketones is 2. The zero-order valence-electron chi connectivity index (χ0n) is 17.8. The summed E-state index contributed by atoms with van der Waals surface area (Å²) in [5, 5.41) is 2.44. The van der Waals surface area contributed by atoms with Gasteiger partial charge in [-0.15, -0.1) is 22.7 Å². The van der Waals surface area contributed by atoms with E-state index in [0.29, 0.717) is 12.8 Å². The van der Waals surface area contributed by atoms with Crippen molar-refractivity contribution in [1.29, 1.82) is 0 Å². The van der Waals surface area contributed by atoms with Crippen LogP contribution in [0.25, 0.3) is 29.6 Å². The molecular weight excluding hydrogens is 408 g/mol. The zero-order chi connectivity index (χ0) is 21.1. The third-order valence-corrected chi connectivity index (χ3v) is 8.24. The highest BCUT2D eigenvalue weighted by Crippen LogP contribution is 2.44. The number of carbonyl (C=O) groups is 2. The maximum absolute atomic E-state index is 12.5. The number of hydrogen-bond acceptors (Lipinski definition) is 4. The van der Waals surface area contributed by atoms with Gasteiger partial charge in [0.05, 0.1) is 9.40 Å². The summed E-state index contributed by atoms with van der Waals surface area (Å²) >= 11 is 3.52. The molecule has 0 spiro atoms. The van der Waals surface area contributed by atoms with E-state index in [1.165, 1.54) is 29.6 Å². The quantitative estimate of drug-likeness (QED) is 0.184. The molecule has 0 amide bonds. The van der Waals surface area contributed by atoms with Gasteiger partial charge in [0.2, 0.25) is 0 Å². The lowest BCUT2D eigenvalue weighted by Gasteiger charge is -2.01. The first-order valence-corrected chi connectivity index (χ1v) is 12.7. The second kappa shape index (κ2) is 9.40. The lowest BCUT2D eigenvalue weighted by atomic mass is 10.0. The van der Waals surface area contributed by atoms with Crippen molar-refractivity contribution in [3.63, 3.8) is 0 Å². The Hall–Kier alpha value is -2.04. The minimum Gasteiger partial charge on any atom is -0.294 e. The van der Waals surface area contributed by atoms with Gasteiger partial charge in [0, 0.05) is 44.1 Å². The smallest absolute Gasteiger partial charge is 0.162 e. The minimum atomic E-state index is 0.248. The molecule has 0 aliphatic heterocycles. The molecule has 2 nitrogen and oxygen atoms in total. The van der Waals surface area contributed by atoms with E-state index in [2.05, 4.69) is 38.1 Å². The Labute approximate surface area is 185 Å². The summed E-state index contributed by atoms with van der Waals surface area (Å²) in [5.74, 6) is 0.497. The predicted octanol–water partition coefficient (Wildman–Crippen LogP) is 8.80. The Kier molecular flexibility index (Phi) is 6.64. The number of thiophene rings is 2. The van der Waals surface area contributed by atoms with E-state index in [0.717, 1.165) is 49.7 Å². The largest absolute Gasteiger partial charge is 0.294 e. The van der Waals surface area contributed by atoms with Crippen molar-refractivity contribution in [2.24, 2.45) is 0 Å². The van der Waals surface area contributed by atoms with Gasteiger partial charge in [0.1, 0.15) is 0 Å². The third kappa shape index (κ3) is 4.21. The molecule has 0 saturated heterocycles. The Morgan fingerprint density at radius 1 is 0.667 bits per heavy atom. The van der Waals surface area contributed by atoms with Crippen molar-refractivity contribution < 1.29 is 9.59 Å². The van der Waals surface area contributed by atoms with Gasteiger partial charge in [0.25, 0.3) is 0 Å². The van der Waals surface area contributed by atoms with Gasteiger partial charge in [-0.05, 0) is 25.0 Å². The van der Waals surface area contributed by atoms with Crippen LogP contribution in [0.1, 0.15) is 85.9 Å². The number of benzene rings is 2. The first-order valence-electron chi connectivity index (χ1n) is 11.1. The van der Waals surface area contributed by atoms with Crippen LogP contribution in [0.3, 0.4) is 0 Å². The van der Waals surface area contributed by atoms with Crippen molar-refractivity contribution in [2.45, 2.75) is 65.2 Å². The number of Topliss-reactive ketones (excluding diaryl/α,β-unsaturated/α-hetero) is 2. The fourth-order valence-electron chi connectivity index (χ4n) is 3.96. The molecule has 0 saturated carbocycles. The average molecular weight is 437 g/mol. The van der Waals surface area contributed by atoms with Crippen LogP contribution in [-0.4, -0.2) is 11.6 Å². The summed E-state index contributed by atoms with van der Waals surface area (Å²) in [6.07, 6.45) is 7.69. The molecular formula is C26H28O2S2. The van der Waals surface area contributed by atoms with Gasteiger partial charge in [-0.2, -0.15) is 0 Å². The molecule has 0 fully saturated rings. The Morgan fingerprint density at radius 2 is 1.10 bits per heavy atom. The van der Waals surface area contributed by atoms with Gasteiger partial charge in [-0.1, -0.05) is 63.8 Å². The maximum atomic E-state index is 12.5. The van der Waals surface area contributed by atoms with E-state index < -0.39 is 0 Å². The van der Waals surface area contributed by atoms with Gasteiger partial charge >= 0.3 is 0 Å². The van der Waals surface area contributed by atoms with Crippen LogP contribution < -0.4 is 0 Å². The normalized spacial score (nSPS) is 11.7. The number of hydrogen-bond donors (Lipinski definition) is 0. The molecule has 4 aromatic rings. The molecule has 4 heteroatoms. The van der Waals surface area contributed by atoms with Gasteiger partial charge in [0.15, 0.2) is 11.6 Å². The Bertz CT molecular complexity index is 1120. The van der Waals surface area contributed by atoms with Gasteiger partial charge in [-0.3, -0.25) is 9.59 Å². The number of unbranched alkanes of at least 4 members (excludes halogenated alkanes) is 4. The number of carbonyl (C=O) groups excluding carboxylic acids is 2. The first-order chi connectivity index (χ1) is 14.6. The molecule has 0 aliphatic rings. The molecule has 0 radical (unpaired) electrons. The van der Waals surface area contributed by atoms with E-state index in [4.69, 9.17) is 0 Å². The number of rotatable bonds is 10. The van der Waals surface area contributed by atoms with Crippen molar-refractivity contribution in [3.05, 3.63) is 47.5 Å². The van der Waals surface area contributed by atoms with Crippen molar-refractivity contribution in [1.82, 2.24) is 0 Å². The highest BCUT2D eigenvalue weighted by molar-refractivity contribution is 7.36. The summed E-state index contributed by atoms with van der Waals surface area (Å²) in [6.45, 7) is 4.31. The molecule has 0 unspecified atom stereocenters. The van der Waals surface area contributed by atoms with Crippen LogP contribution in [0.15, 0.2) is 36.4 Å². The standard InChI is InChI=1S/C26H28O2S2/c1-3-5-7-9-21(27)17-11-13-19-23(15-17)29-26-20-14-12-18(16-24(20)30-25(19)26)22(28)10-8-6-4-2/h11-16H,3-10H2,1-2H3. The minimum absolute atomic E-state index is 0.248. The maximum Gasteiger partial charge on any atom is 0.162 e. The Balaban J connectivity index is 1.64. The topological polar surface area (TPSA) is 34.1 Å². The molecule has 2 aromatic heterocycles. The fraction of sp³-hybridized carbons (Fsp3) is 0.385. The molecule has 4 rings (SSSR count). The average Bonchev–Trinajstić information content (AvgIpc) is 3.28. The second-order valence-electron chi connectivity index (χ2n) is 8.04. The Morgan fingerprint density at radius 3 is 1.50 bits per heavy atom. The first kappa shape index (κ1) is 21.2. The number of fused-ring (bicyclic) bond motifs is 5.